The van der Waals surface area contributed by atoms with Gasteiger partial charge in [0.15, 0.2) is 0 Å². The predicted molar refractivity (Wildman–Crippen MR) is 130 cm³/mol. The fraction of sp³-hybridized carbons (Fsp3) is 0.379. The third kappa shape index (κ3) is 6.75. The van der Waals surface area contributed by atoms with Gasteiger partial charge in [0.25, 0.3) is 0 Å². The highest BCUT2D eigenvalue weighted by Crippen LogP contribution is 2.32. The monoisotopic (exact) mass is 446 g/mol. The van der Waals surface area contributed by atoms with Crippen LogP contribution in [0, 0.1) is 5.92 Å². The van der Waals surface area contributed by atoms with Gasteiger partial charge in [-0.15, -0.1) is 0 Å². The van der Waals surface area contributed by atoms with Gasteiger partial charge in [-0.1, -0.05) is 97.9 Å². The van der Waals surface area contributed by atoms with Crippen molar-refractivity contribution in [2.24, 2.45) is 5.92 Å². The summed E-state index contributed by atoms with van der Waals surface area (Å²) < 4.78 is 25.3. The van der Waals surface area contributed by atoms with Gasteiger partial charge < -0.3 is 18.9 Å². The molecule has 3 aromatic carbocycles. The average Bonchev–Trinajstić information content (AvgIpc) is 2.86. The molecule has 4 nitrogen and oxygen atoms in total. The molecule has 1 aliphatic rings. The zero-order valence-electron chi connectivity index (χ0n) is 19.5. The van der Waals surface area contributed by atoms with Crippen LogP contribution < -0.4 is 0 Å². The van der Waals surface area contributed by atoms with Crippen molar-refractivity contribution in [2.45, 2.75) is 58.1 Å². The number of rotatable bonds is 10. The summed E-state index contributed by atoms with van der Waals surface area (Å²) in [4.78, 5) is 0. The fourth-order valence-electron chi connectivity index (χ4n) is 4.32. The summed E-state index contributed by atoms with van der Waals surface area (Å²) >= 11 is 0. The minimum atomic E-state index is -0.158. The summed E-state index contributed by atoms with van der Waals surface area (Å²) in [7, 11) is 0. The second-order valence-corrected chi connectivity index (χ2v) is 8.76. The van der Waals surface area contributed by atoms with Gasteiger partial charge in [0, 0.05) is 5.92 Å². The molecule has 1 fully saturated rings. The van der Waals surface area contributed by atoms with E-state index in [1.807, 2.05) is 54.6 Å². The fourth-order valence-corrected chi connectivity index (χ4v) is 4.32. The van der Waals surface area contributed by atoms with Crippen molar-refractivity contribution in [1.82, 2.24) is 0 Å². The van der Waals surface area contributed by atoms with Crippen LogP contribution >= 0.6 is 0 Å². The Morgan fingerprint density at radius 3 is 1.58 bits per heavy atom. The lowest BCUT2D eigenvalue weighted by Gasteiger charge is -2.44. The van der Waals surface area contributed by atoms with Gasteiger partial charge in [0.2, 0.25) is 0 Å². The summed E-state index contributed by atoms with van der Waals surface area (Å²) in [6.45, 7) is 6.43. The van der Waals surface area contributed by atoms with Crippen LogP contribution in [0.2, 0.25) is 0 Å². The van der Waals surface area contributed by atoms with Crippen molar-refractivity contribution in [3.63, 3.8) is 0 Å². The predicted octanol–water partition coefficient (Wildman–Crippen LogP) is 5.80. The molecule has 0 aliphatic carbocycles. The van der Waals surface area contributed by atoms with Gasteiger partial charge in [-0.2, -0.15) is 0 Å². The molecule has 5 atom stereocenters. The third-order valence-electron chi connectivity index (χ3n) is 6.24. The van der Waals surface area contributed by atoms with Crippen LogP contribution in [0.3, 0.4) is 0 Å². The third-order valence-corrected chi connectivity index (χ3v) is 6.24. The van der Waals surface area contributed by atoms with Crippen molar-refractivity contribution in [3.8, 4) is 0 Å². The van der Waals surface area contributed by atoms with Crippen LogP contribution in [0.5, 0.6) is 0 Å². The zero-order valence-corrected chi connectivity index (χ0v) is 19.5. The SMILES string of the molecule is CC1OC(COCc2ccccc2)C(C)C(OCc2ccccc2)C1OCc1ccccc1. The van der Waals surface area contributed by atoms with E-state index in [1.165, 1.54) is 0 Å². The minimum absolute atomic E-state index is 0.0546. The molecule has 5 unspecified atom stereocenters. The van der Waals surface area contributed by atoms with Gasteiger partial charge in [0.1, 0.15) is 6.10 Å². The smallest absolute Gasteiger partial charge is 0.110 e. The molecular formula is C29H34O4. The molecule has 0 bridgehead atoms. The van der Waals surface area contributed by atoms with E-state index in [0.717, 1.165) is 16.7 Å². The molecule has 33 heavy (non-hydrogen) atoms. The lowest BCUT2D eigenvalue weighted by atomic mass is 9.88. The van der Waals surface area contributed by atoms with Gasteiger partial charge >= 0.3 is 0 Å². The van der Waals surface area contributed by atoms with E-state index in [2.05, 4.69) is 50.2 Å². The quantitative estimate of drug-likeness (QED) is 0.395. The van der Waals surface area contributed by atoms with Crippen LogP contribution in [-0.2, 0) is 38.8 Å². The Morgan fingerprint density at radius 1 is 0.606 bits per heavy atom. The van der Waals surface area contributed by atoms with E-state index < -0.39 is 0 Å². The molecule has 174 valence electrons. The largest absolute Gasteiger partial charge is 0.374 e. The van der Waals surface area contributed by atoms with Gasteiger partial charge in [-0.05, 0) is 23.6 Å². The Kier molecular flexibility index (Phi) is 8.67. The second kappa shape index (κ2) is 12.1. The summed E-state index contributed by atoms with van der Waals surface area (Å²) in [5.41, 5.74) is 3.46. The van der Waals surface area contributed by atoms with E-state index in [0.29, 0.717) is 26.4 Å². The summed E-state index contributed by atoms with van der Waals surface area (Å²) in [6, 6.07) is 30.8. The first-order valence-electron chi connectivity index (χ1n) is 11.8. The number of ether oxygens (including phenoxy) is 4. The summed E-state index contributed by atoms with van der Waals surface area (Å²) in [6.07, 6.45) is -0.408. The molecular weight excluding hydrogens is 412 g/mol. The molecule has 1 heterocycles. The lowest BCUT2D eigenvalue weighted by molar-refractivity contribution is -0.235. The maximum absolute atomic E-state index is 6.49. The summed E-state index contributed by atoms with van der Waals surface area (Å²) in [5, 5.41) is 0. The summed E-state index contributed by atoms with van der Waals surface area (Å²) in [5.74, 6) is 0.126. The Balaban J connectivity index is 1.41. The standard InChI is InChI=1S/C29H34O4/c1-22-27(21-30-18-24-12-6-3-7-13-24)33-23(2)29(32-20-26-16-10-5-11-17-26)28(22)31-19-25-14-8-4-9-15-25/h3-17,22-23,27-29H,18-21H2,1-2H3. The molecule has 0 spiro atoms. The van der Waals surface area contributed by atoms with Crippen LogP contribution in [0.1, 0.15) is 30.5 Å². The van der Waals surface area contributed by atoms with Crippen molar-refractivity contribution in [3.05, 3.63) is 108 Å². The molecule has 1 saturated heterocycles. The highest BCUT2D eigenvalue weighted by Gasteiger charge is 2.43. The Bertz CT molecular complexity index is 932. The van der Waals surface area contributed by atoms with Crippen molar-refractivity contribution in [2.75, 3.05) is 6.61 Å². The van der Waals surface area contributed by atoms with Crippen LogP contribution in [0.25, 0.3) is 0 Å². The zero-order chi connectivity index (χ0) is 22.9. The van der Waals surface area contributed by atoms with E-state index in [1.54, 1.807) is 0 Å². The van der Waals surface area contributed by atoms with Crippen LogP contribution in [0.15, 0.2) is 91.0 Å². The maximum Gasteiger partial charge on any atom is 0.110 e. The molecule has 0 radical (unpaired) electrons. The molecule has 1 aliphatic heterocycles. The van der Waals surface area contributed by atoms with Gasteiger partial charge in [-0.3, -0.25) is 0 Å². The first-order valence-corrected chi connectivity index (χ1v) is 11.8. The number of hydrogen-bond acceptors (Lipinski definition) is 4. The van der Waals surface area contributed by atoms with Crippen molar-refractivity contribution in [1.29, 1.82) is 0 Å². The molecule has 0 aromatic heterocycles. The van der Waals surface area contributed by atoms with Crippen LogP contribution in [0.4, 0.5) is 0 Å². The second-order valence-electron chi connectivity index (χ2n) is 8.76. The van der Waals surface area contributed by atoms with E-state index in [-0.39, 0.29) is 30.3 Å². The number of benzene rings is 3. The molecule has 0 N–H and O–H groups in total. The highest BCUT2D eigenvalue weighted by molar-refractivity contribution is 5.15. The lowest BCUT2D eigenvalue weighted by Crippen LogP contribution is -2.55. The number of hydrogen-bond donors (Lipinski definition) is 0. The van der Waals surface area contributed by atoms with Gasteiger partial charge in [-0.25, -0.2) is 0 Å². The molecule has 4 rings (SSSR count). The minimum Gasteiger partial charge on any atom is -0.374 e. The topological polar surface area (TPSA) is 36.9 Å². The van der Waals surface area contributed by atoms with E-state index in [9.17, 15) is 0 Å². The van der Waals surface area contributed by atoms with Crippen molar-refractivity contribution < 1.29 is 18.9 Å². The van der Waals surface area contributed by atoms with E-state index >= 15 is 0 Å². The maximum atomic E-state index is 6.49. The average molecular weight is 447 g/mol. The van der Waals surface area contributed by atoms with Crippen LogP contribution in [-0.4, -0.2) is 31.0 Å². The molecule has 0 saturated carbocycles. The Morgan fingerprint density at radius 2 is 1.06 bits per heavy atom. The normalized spacial score (nSPS) is 25.1. The van der Waals surface area contributed by atoms with Gasteiger partial charge in [0.05, 0.1) is 44.7 Å². The molecule has 0 amide bonds. The van der Waals surface area contributed by atoms with Crippen molar-refractivity contribution >= 4 is 0 Å². The first-order chi connectivity index (χ1) is 16.2. The van der Waals surface area contributed by atoms with E-state index in [4.69, 9.17) is 18.9 Å². The Hall–Kier alpha value is -2.50. The Labute approximate surface area is 197 Å². The first kappa shape index (κ1) is 23.7. The molecule has 3 aromatic rings. The molecule has 4 heteroatoms. The highest BCUT2D eigenvalue weighted by atomic mass is 16.6.